The lowest BCUT2D eigenvalue weighted by Crippen LogP contribution is -2.41. The summed E-state index contributed by atoms with van der Waals surface area (Å²) in [7, 11) is 1.82. The number of hydrogen-bond acceptors (Lipinski definition) is 2. The Labute approximate surface area is 108 Å². The first-order valence-electron chi connectivity index (χ1n) is 6.98. The average Bonchev–Trinajstić information content (AvgIpc) is 3.03. The van der Waals surface area contributed by atoms with E-state index in [0.29, 0.717) is 12.3 Å². The molecule has 0 aromatic carbocycles. The quantitative estimate of drug-likeness (QED) is 0.833. The smallest absolute Gasteiger partial charge is 0.307 e. The Morgan fingerprint density at radius 2 is 1.78 bits per heavy atom. The van der Waals surface area contributed by atoms with Crippen molar-refractivity contribution in [3.8, 4) is 0 Å². The SMILES string of the molecule is CC1CC1CN(C)C(=O)C1CCCCC1C(=O)O. The minimum absolute atomic E-state index is 0.0428. The van der Waals surface area contributed by atoms with E-state index in [1.807, 2.05) is 7.05 Å². The summed E-state index contributed by atoms with van der Waals surface area (Å²) in [5.41, 5.74) is 0. The van der Waals surface area contributed by atoms with E-state index in [4.69, 9.17) is 0 Å². The summed E-state index contributed by atoms with van der Waals surface area (Å²) in [5, 5.41) is 9.20. The summed E-state index contributed by atoms with van der Waals surface area (Å²) in [6.07, 6.45) is 4.50. The molecule has 2 rings (SSSR count). The monoisotopic (exact) mass is 253 g/mol. The number of rotatable bonds is 4. The van der Waals surface area contributed by atoms with Crippen molar-refractivity contribution in [2.75, 3.05) is 13.6 Å². The molecule has 1 amide bonds. The maximum atomic E-state index is 12.3. The lowest BCUT2D eigenvalue weighted by molar-refractivity contribution is -0.151. The van der Waals surface area contributed by atoms with Crippen molar-refractivity contribution in [2.24, 2.45) is 23.7 Å². The minimum Gasteiger partial charge on any atom is -0.481 e. The van der Waals surface area contributed by atoms with E-state index >= 15 is 0 Å². The molecule has 4 nitrogen and oxygen atoms in total. The van der Waals surface area contributed by atoms with Crippen molar-refractivity contribution < 1.29 is 14.7 Å². The van der Waals surface area contributed by atoms with Crippen LogP contribution in [-0.4, -0.2) is 35.5 Å². The third-order valence-corrected chi connectivity index (χ3v) is 4.56. The lowest BCUT2D eigenvalue weighted by atomic mass is 9.78. The molecule has 18 heavy (non-hydrogen) atoms. The van der Waals surface area contributed by atoms with Crippen LogP contribution in [0, 0.1) is 23.7 Å². The van der Waals surface area contributed by atoms with Crippen molar-refractivity contribution in [2.45, 2.75) is 39.0 Å². The lowest BCUT2D eigenvalue weighted by Gasteiger charge is -2.31. The van der Waals surface area contributed by atoms with Crippen molar-refractivity contribution in [3.05, 3.63) is 0 Å². The van der Waals surface area contributed by atoms with Crippen LogP contribution in [0.4, 0.5) is 0 Å². The maximum Gasteiger partial charge on any atom is 0.307 e. The molecule has 2 aliphatic rings. The minimum atomic E-state index is -0.804. The van der Waals surface area contributed by atoms with Gasteiger partial charge in [0, 0.05) is 13.6 Å². The van der Waals surface area contributed by atoms with Crippen LogP contribution >= 0.6 is 0 Å². The van der Waals surface area contributed by atoms with E-state index in [1.54, 1.807) is 4.90 Å². The maximum absolute atomic E-state index is 12.3. The highest BCUT2D eigenvalue weighted by Crippen LogP contribution is 2.39. The number of carbonyl (C=O) groups is 2. The molecule has 0 bridgehead atoms. The number of carbonyl (C=O) groups excluding carboxylic acids is 1. The summed E-state index contributed by atoms with van der Waals surface area (Å²) in [4.78, 5) is 25.3. The molecule has 2 fully saturated rings. The van der Waals surface area contributed by atoms with Crippen LogP contribution in [0.1, 0.15) is 39.0 Å². The predicted octanol–water partition coefficient (Wildman–Crippen LogP) is 1.99. The zero-order valence-electron chi connectivity index (χ0n) is 11.3. The molecule has 0 aromatic heterocycles. The van der Waals surface area contributed by atoms with Crippen LogP contribution < -0.4 is 0 Å². The van der Waals surface area contributed by atoms with E-state index in [9.17, 15) is 14.7 Å². The van der Waals surface area contributed by atoms with Gasteiger partial charge in [-0.2, -0.15) is 0 Å². The van der Waals surface area contributed by atoms with Crippen LogP contribution in [-0.2, 0) is 9.59 Å². The Hall–Kier alpha value is -1.06. The van der Waals surface area contributed by atoms with Gasteiger partial charge < -0.3 is 10.0 Å². The number of aliphatic carboxylic acids is 1. The third kappa shape index (κ3) is 2.85. The van der Waals surface area contributed by atoms with E-state index in [-0.39, 0.29) is 11.8 Å². The average molecular weight is 253 g/mol. The Balaban J connectivity index is 1.94. The zero-order valence-corrected chi connectivity index (χ0v) is 11.3. The Kier molecular flexibility index (Phi) is 3.93. The Morgan fingerprint density at radius 3 is 2.28 bits per heavy atom. The number of nitrogens with zero attached hydrogens (tertiary/aromatic N) is 1. The summed E-state index contributed by atoms with van der Waals surface area (Å²) in [6, 6.07) is 0. The molecule has 4 heteroatoms. The van der Waals surface area contributed by atoms with Gasteiger partial charge in [0.2, 0.25) is 5.91 Å². The fraction of sp³-hybridized carbons (Fsp3) is 0.857. The molecule has 0 aliphatic heterocycles. The van der Waals surface area contributed by atoms with Crippen LogP contribution in [0.5, 0.6) is 0 Å². The van der Waals surface area contributed by atoms with Crippen LogP contribution in [0.15, 0.2) is 0 Å². The molecule has 0 heterocycles. The van der Waals surface area contributed by atoms with Gasteiger partial charge in [0.25, 0.3) is 0 Å². The highest BCUT2D eigenvalue weighted by atomic mass is 16.4. The van der Waals surface area contributed by atoms with Gasteiger partial charge in [-0.3, -0.25) is 9.59 Å². The molecular formula is C14H23NO3. The topological polar surface area (TPSA) is 57.6 Å². The van der Waals surface area contributed by atoms with Crippen molar-refractivity contribution in [3.63, 3.8) is 0 Å². The molecule has 0 spiro atoms. The fourth-order valence-corrected chi connectivity index (χ4v) is 3.10. The van der Waals surface area contributed by atoms with Gasteiger partial charge in [0.1, 0.15) is 0 Å². The molecule has 0 radical (unpaired) electrons. The van der Waals surface area contributed by atoms with Crippen LogP contribution in [0.25, 0.3) is 0 Å². The van der Waals surface area contributed by atoms with Crippen molar-refractivity contribution >= 4 is 11.9 Å². The number of hydrogen-bond donors (Lipinski definition) is 1. The Morgan fingerprint density at radius 1 is 1.22 bits per heavy atom. The largest absolute Gasteiger partial charge is 0.481 e. The highest BCUT2D eigenvalue weighted by Gasteiger charge is 2.39. The van der Waals surface area contributed by atoms with Gasteiger partial charge >= 0.3 is 5.97 Å². The van der Waals surface area contributed by atoms with Gasteiger partial charge in [-0.05, 0) is 31.1 Å². The summed E-state index contributed by atoms with van der Waals surface area (Å²) in [5.74, 6) is -0.171. The van der Waals surface area contributed by atoms with Crippen molar-refractivity contribution in [1.29, 1.82) is 0 Å². The zero-order chi connectivity index (χ0) is 13.3. The molecule has 1 N–H and O–H groups in total. The number of carboxylic acid groups (broad SMARTS) is 1. The van der Waals surface area contributed by atoms with Gasteiger partial charge in [-0.25, -0.2) is 0 Å². The standard InChI is InChI=1S/C14H23NO3/c1-9-7-10(9)8-15(2)13(16)11-5-3-4-6-12(11)14(17)18/h9-12H,3-8H2,1-2H3,(H,17,18). The van der Waals surface area contributed by atoms with E-state index < -0.39 is 11.9 Å². The summed E-state index contributed by atoms with van der Waals surface area (Å²) < 4.78 is 0. The first kappa shape index (κ1) is 13.4. The summed E-state index contributed by atoms with van der Waals surface area (Å²) >= 11 is 0. The second kappa shape index (κ2) is 5.29. The molecular weight excluding hydrogens is 230 g/mol. The fourth-order valence-electron chi connectivity index (χ4n) is 3.10. The molecule has 4 atom stereocenters. The van der Waals surface area contributed by atoms with E-state index in [2.05, 4.69) is 6.92 Å². The van der Waals surface area contributed by atoms with Crippen LogP contribution in [0.2, 0.25) is 0 Å². The number of amides is 1. The molecule has 102 valence electrons. The molecule has 0 aromatic rings. The molecule has 4 unspecified atom stereocenters. The van der Waals surface area contributed by atoms with Gasteiger partial charge in [-0.15, -0.1) is 0 Å². The van der Waals surface area contributed by atoms with Gasteiger partial charge in [0.05, 0.1) is 11.8 Å². The van der Waals surface area contributed by atoms with E-state index in [1.165, 1.54) is 6.42 Å². The van der Waals surface area contributed by atoms with E-state index in [0.717, 1.165) is 31.7 Å². The second-order valence-electron chi connectivity index (χ2n) is 6.03. The predicted molar refractivity (Wildman–Crippen MR) is 68.0 cm³/mol. The first-order chi connectivity index (χ1) is 8.50. The first-order valence-corrected chi connectivity index (χ1v) is 6.98. The number of carboxylic acids is 1. The molecule has 2 saturated carbocycles. The molecule has 2 aliphatic carbocycles. The summed E-state index contributed by atoms with van der Waals surface area (Å²) in [6.45, 7) is 2.99. The Bertz CT molecular complexity index is 342. The van der Waals surface area contributed by atoms with Crippen LogP contribution in [0.3, 0.4) is 0 Å². The molecule has 0 saturated heterocycles. The van der Waals surface area contributed by atoms with Gasteiger partial charge in [0.15, 0.2) is 0 Å². The van der Waals surface area contributed by atoms with Gasteiger partial charge in [-0.1, -0.05) is 19.8 Å². The highest BCUT2D eigenvalue weighted by molar-refractivity contribution is 5.84. The van der Waals surface area contributed by atoms with Crippen molar-refractivity contribution in [1.82, 2.24) is 4.90 Å². The normalized spacial score (nSPS) is 35.0. The third-order valence-electron chi connectivity index (χ3n) is 4.56. The second-order valence-corrected chi connectivity index (χ2v) is 6.03.